The molecule has 0 saturated heterocycles. The molecule has 0 aromatic carbocycles. The highest BCUT2D eigenvalue weighted by Gasteiger charge is 2.20. The number of rotatable bonds is 1. The van der Waals surface area contributed by atoms with Gasteiger partial charge in [-0.25, -0.2) is 0 Å². The molecule has 0 N–H and O–H groups in total. The van der Waals surface area contributed by atoms with E-state index in [9.17, 15) is 0 Å². The van der Waals surface area contributed by atoms with Crippen molar-refractivity contribution in [3.8, 4) is 0 Å². The summed E-state index contributed by atoms with van der Waals surface area (Å²) in [6.45, 7) is 1.68. The summed E-state index contributed by atoms with van der Waals surface area (Å²) in [5.41, 5.74) is 1.47. The van der Waals surface area contributed by atoms with Crippen LogP contribution < -0.4 is 0 Å². The first kappa shape index (κ1) is 9.12. The highest BCUT2D eigenvalue weighted by Crippen LogP contribution is 2.23. The summed E-state index contributed by atoms with van der Waals surface area (Å²) in [5, 5.41) is 0.539. The second kappa shape index (κ2) is 3.33. The second-order valence-corrected chi connectivity index (χ2v) is 10.3. The van der Waals surface area contributed by atoms with E-state index >= 15 is 0 Å². The molecular formula is C3H4Cl4Si. The van der Waals surface area contributed by atoms with Crippen molar-refractivity contribution in [3.05, 3.63) is 10.7 Å². The molecule has 0 aliphatic carbocycles. The third-order valence-corrected chi connectivity index (χ3v) is 2.40. The SMILES string of the molecule is CC(Cl)=C[Si](Cl)(Cl)Cl. The summed E-state index contributed by atoms with van der Waals surface area (Å²) in [7, 11) is 0. The molecule has 0 saturated carbocycles. The average molecular weight is 210 g/mol. The maximum atomic E-state index is 5.44. The third kappa shape index (κ3) is 7.12. The van der Waals surface area contributed by atoms with Crippen molar-refractivity contribution in [2.75, 3.05) is 0 Å². The zero-order valence-electron chi connectivity index (χ0n) is 4.09. The molecule has 0 nitrogen and oxygen atoms in total. The Balaban J connectivity index is 3.89. The molecule has 0 rings (SSSR count). The van der Waals surface area contributed by atoms with Gasteiger partial charge in [0.25, 0.3) is 0 Å². The highest BCUT2D eigenvalue weighted by molar-refractivity contribution is 7.66. The second-order valence-electron chi connectivity index (χ2n) is 1.27. The lowest BCUT2D eigenvalue weighted by molar-refractivity contribution is 1.70. The molecule has 0 fully saturated rings. The van der Waals surface area contributed by atoms with E-state index in [0.717, 1.165) is 0 Å². The van der Waals surface area contributed by atoms with E-state index in [2.05, 4.69) is 0 Å². The Bertz CT molecular complexity index is 98.3. The van der Waals surface area contributed by atoms with Gasteiger partial charge in [-0.1, -0.05) is 11.6 Å². The fourth-order valence-electron chi connectivity index (χ4n) is 0.226. The lowest BCUT2D eigenvalue weighted by atomic mass is 10.8. The Labute approximate surface area is 68.5 Å². The first-order valence-corrected chi connectivity index (χ1v) is 7.32. The number of allylic oxidation sites excluding steroid dienone is 1. The molecule has 0 atom stereocenters. The fraction of sp³-hybridized carbons (Fsp3) is 0.333. The van der Waals surface area contributed by atoms with Gasteiger partial charge < -0.3 is 0 Å². The van der Waals surface area contributed by atoms with Gasteiger partial charge in [0, 0.05) is 5.03 Å². The van der Waals surface area contributed by atoms with E-state index in [1.54, 1.807) is 6.92 Å². The zero-order valence-corrected chi connectivity index (χ0v) is 8.11. The van der Waals surface area contributed by atoms with Crippen molar-refractivity contribution >= 4 is 50.8 Å². The average Bonchev–Trinajstić information content (AvgIpc) is 1.21. The molecule has 0 aliphatic rings. The van der Waals surface area contributed by atoms with E-state index in [1.807, 2.05) is 0 Å². The molecule has 0 unspecified atom stereocenters. The molecule has 48 valence electrons. The van der Waals surface area contributed by atoms with Crippen molar-refractivity contribution in [3.63, 3.8) is 0 Å². The predicted octanol–water partition coefficient (Wildman–Crippen LogP) is 3.32. The van der Waals surface area contributed by atoms with Crippen molar-refractivity contribution in [1.82, 2.24) is 0 Å². The molecule has 0 bridgehead atoms. The molecule has 0 aliphatic heterocycles. The topological polar surface area (TPSA) is 0 Å². The van der Waals surface area contributed by atoms with Crippen LogP contribution >= 0.6 is 44.8 Å². The van der Waals surface area contributed by atoms with Crippen LogP contribution in [0.4, 0.5) is 0 Å². The minimum absolute atomic E-state index is 0.539. The maximum Gasteiger partial charge on any atom is 0.366 e. The standard InChI is InChI=1S/C3H4Cl4Si/c1-3(4)2-8(5,6)7/h2H,1H3. The van der Waals surface area contributed by atoms with E-state index in [1.165, 1.54) is 5.70 Å². The number of hydrogen-bond donors (Lipinski definition) is 0. The van der Waals surface area contributed by atoms with Crippen LogP contribution in [0, 0.1) is 0 Å². The van der Waals surface area contributed by atoms with E-state index in [-0.39, 0.29) is 0 Å². The van der Waals surface area contributed by atoms with Gasteiger partial charge in [-0.15, -0.1) is 33.2 Å². The van der Waals surface area contributed by atoms with Gasteiger partial charge in [-0.05, 0) is 12.6 Å². The minimum atomic E-state index is -2.60. The summed E-state index contributed by atoms with van der Waals surface area (Å²) in [4.78, 5) is 0. The van der Waals surface area contributed by atoms with Crippen molar-refractivity contribution in [2.45, 2.75) is 6.92 Å². The van der Waals surface area contributed by atoms with Crippen molar-refractivity contribution in [1.29, 1.82) is 0 Å². The minimum Gasteiger partial charge on any atom is -0.121 e. The van der Waals surface area contributed by atoms with Crippen LogP contribution in [0.15, 0.2) is 10.7 Å². The van der Waals surface area contributed by atoms with E-state index < -0.39 is 6.00 Å². The Hall–Kier alpha value is 1.12. The zero-order chi connectivity index (χ0) is 6.78. The van der Waals surface area contributed by atoms with Crippen LogP contribution in [-0.2, 0) is 0 Å². The monoisotopic (exact) mass is 208 g/mol. The van der Waals surface area contributed by atoms with Crippen LogP contribution in [0.25, 0.3) is 0 Å². The third-order valence-electron chi connectivity index (χ3n) is 0.363. The smallest absolute Gasteiger partial charge is 0.121 e. The Kier molecular flexibility index (Phi) is 3.79. The molecule has 0 aromatic rings. The van der Waals surface area contributed by atoms with E-state index in [4.69, 9.17) is 44.8 Å². The molecule has 8 heavy (non-hydrogen) atoms. The number of hydrogen-bond acceptors (Lipinski definition) is 0. The molecule has 0 heterocycles. The first-order valence-electron chi connectivity index (χ1n) is 1.83. The van der Waals surface area contributed by atoms with Gasteiger partial charge in [0.2, 0.25) is 0 Å². The maximum absolute atomic E-state index is 5.44. The molecule has 5 heteroatoms. The molecular weight excluding hydrogens is 206 g/mol. The quantitative estimate of drug-likeness (QED) is 0.459. The first-order chi connectivity index (χ1) is 3.42. The van der Waals surface area contributed by atoms with Gasteiger partial charge >= 0.3 is 6.00 Å². The van der Waals surface area contributed by atoms with E-state index in [0.29, 0.717) is 5.03 Å². The van der Waals surface area contributed by atoms with Crippen molar-refractivity contribution < 1.29 is 0 Å². The molecule has 0 amide bonds. The predicted molar refractivity (Wildman–Crippen MR) is 42.9 cm³/mol. The molecule has 0 spiro atoms. The van der Waals surface area contributed by atoms with Gasteiger partial charge in [-0.2, -0.15) is 0 Å². The van der Waals surface area contributed by atoms with Crippen molar-refractivity contribution in [2.24, 2.45) is 0 Å². The fourth-order valence-corrected chi connectivity index (χ4v) is 3.14. The van der Waals surface area contributed by atoms with Crippen LogP contribution in [0.3, 0.4) is 0 Å². The highest BCUT2D eigenvalue weighted by atomic mass is 35.8. The number of halogens is 4. The van der Waals surface area contributed by atoms with Crippen LogP contribution in [0.1, 0.15) is 6.92 Å². The summed E-state index contributed by atoms with van der Waals surface area (Å²) >= 11 is 21.7. The summed E-state index contributed by atoms with van der Waals surface area (Å²) < 4.78 is 0. The Morgan fingerprint density at radius 2 is 1.75 bits per heavy atom. The van der Waals surface area contributed by atoms with Gasteiger partial charge in [0.15, 0.2) is 0 Å². The molecule has 0 radical (unpaired) electrons. The molecule has 0 aromatic heterocycles. The lowest BCUT2D eigenvalue weighted by Crippen LogP contribution is -2.03. The lowest BCUT2D eigenvalue weighted by Gasteiger charge is -1.97. The van der Waals surface area contributed by atoms with Gasteiger partial charge in [0.05, 0.1) is 0 Å². The Morgan fingerprint density at radius 3 is 1.75 bits per heavy atom. The summed E-state index contributed by atoms with van der Waals surface area (Å²) in [6, 6.07) is -2.60. The van der Waals surface area contributed by atoms with Crippen LogP contribution in [0.5, 0.6) is 0 Å². The van der Waals surface area contributed by atoms with Crippen LogP contribution in [-0.4, -0.2) is 6.00 Å². The normalized spacial score (nSPS) is 14.4. The Morgan fingerprint density at radius 1 is 1.38 bits per heavy atom. The summed E-state index contributed by atoms with van der Waals surface area (Å²) in [5.74, 6) is 0. The van der Waals surface area contributed by atoms with Gasteiger partial charge in [-0.3, -0.25) is 0 Å². The largest absolute Gasteiger partial charge is 0.366 e. The van der Waals surface area contributed by atoms with Crippen LogP contribution in [0.2, 0.25) is 0 Å². The summed E-state index contributed by atoms with van der Waals surface area (Å²) in [6.07, 6.45) is 0. The van der Waals surface area contributed by atoms with Gasteiger partial charge in [0.1, 0.15) is 0 Å².